The predicted octanol–water partition coefficient (Wildman–Crippen LogP) is 5.99. The van der Waals surface area contributed by atoms with Crippen molar-refractivity contribution in [3.63, 3.8) is 0 Å². The Kier molecular flexibility index (Phi) is 5.97. The molecular formula is C25H24ClN5O. The van der Waals surface area contributed by atoms with Gasteiger partial charge < -0.3 is 4.74 Å². The van der Waals surface area contributed by atoms with Crippen LogP contribution in [0.5, 0.6) is 5.75 Å². The molecule has 0 atom stereocenters. The molecule has 0 aliphatic heterocycles. The van der Waals surface area contributed by atoms with Crippen LogP contribution in [0.4, 0.5) is 5.69 Å². The predicted molar refractivity (Wildman–Crippen MR) is 132 cm³/mol. The van der Waals surface area contributed by atoms with Gasteiger partial charge in [-0.25, -0.2) is 14.5 Å². The van der Waals surface area contributed by atoms with E-state index in [4.69, 9.17) is 26.4 Å². The zero-order chi connectivity index (χ0) is 22.8. The Morgan fingerprint density at radius 1 is 1.16 bits per heavy atom. The number of anilines is 1. The number of halogens is 1. The number of hydrogen-bond donors (Lipinski definition) is 0. The lowest BCUT2D eigenvalue weighted by Gasteiger charge is -2.16. The van der Waals surface area contributed by atoms with E-state index in [1.165, 1.54) is 0 Å². The maximum absolute atomic E-state index is 6.22. The Morgan fingerprint density at radius 2 is 1.94 bits per heavy atom. The van der Waals surface area contributed by atoms with Gasteiger partial charge in [-0.05, 0) is 37.6 Å². The van der Waals surface area contributed by atoms with Crippen molar-refractivity contribution < 1.29 is 4.74 Å². The van der Waals surface area contributed by atoms with Crippen molar-refractivity contribution in [1.29, 1.82) is 0 Å². The van der Waals surface area contributed by atoms with Crippen LogP contribution in [0.2, 0.25) is 0 Å². The van der Waals surface area contributed by atoms with Crippen molar-refractivity contribution in [2.24, 2.45) is 5.10 Å². The molecule has 2 heterocycles. The van der Waals surface area contributed by atoms with E-state index in [-0.39, 0.29) is 0 Å². The van der Waals surface area contributed by atoms with Crippen LogP contribution in [-0.4, -0.2) is 28.4 Å². The lowest BCUT2D eigenvalue weighted by molar-refractivity contribution is 0.416. The van der Waals surface area contributed by atoms with Gasteiger partial charge in [-0.2, -0.15) is 10.2 Å². The molecule has 0 aliphatic carbocycles. The minimum Gasteiger partial charge on any atom is -0.496 e. The molecule has 0 radical (unpaired) electrons. The summed E-state index contributed by atoms with van der Waals surface area (Å²) >= 11 is 6.22. The van der Waals surface area contributed by atoms with Crippen molar-refractivity contribution in [3.05, 3.63) is 78.3 Å². The zero-order valence-electron chi connectivity index (χ0n) is 18.3. The normalized spacial score (nSPS) is 10.9. The van der Waals surface area contributed by atoms with Crippen LogP contribution in [0, 0.1) is 13.8 Å². The molecule has 0 spiro atoms. The van der Waals surface area contributed by atoms with Gasteiger partial charge in [0.25, 0.3) is 0 Å². The number of aryl methyl sites for hydroxylation is 2. The topological polar surface area (TPSA) is 55.0 Å². The minimum absolute atomic E-state index is 0.415. The third-order valence-corrected chi connectivity index (χ3v) is 5.66. The average Bonchev–Trinajstić information content (AvgIpc) is 3.14. The van der Waals surface area contributed by atoms with Gasteiger partial charge in [-0.1, -0.05) is 30.8 Å². The van der Waals surface area contributed by atoms with Crippen LogP contribution in [0.3, 0.4) is 0 Å². The molecule has 2 aromatic carbocycles. The van der Waals surface area contributed by atoms with E-state index < -0.39 is 0 Å². The van der Waals surface area contributed by atoms with Gasteiger partial charge >= 0.3 is 0 Å². The van der Waals surface area contributed by atoms with Crippen molar-refractivity contribution in [2.45, 2.75) is 19.7 Å². The average molecular weight is 446 g/mol. The molecule has 4 rings (SSSR count). The number of fused-ring (bicyclic) bond motifs is 1. The second-order valence-corrected chi connectivity index (χ2v) is 7.59. The Bertz CT molecular complexity index is 1320. The SMILES string of the molecule is C=CN(N=C)c1ccc(-c2c(C)nn3c(-c4ccccc4CCl)cc(C)nc23)c(OC)c1. The van der Waals surface area contributed by atoms with E-state index in [1.807, 2.05) is 60.8 Å². The van der Waals surface area contributed by atoms with Crippen molar-refractivity contribution in [1.82, 2.24) is 14.6 Å². The fourth-order valence-electron chi connectivity index (χ4n) is 3.91. The summed E-state index contributed by atoms with van der Waals surface area (Å²) in [4.78, 5) is 4.84. The van der Waals surface area contributed by atoms with Crippen molar-refractivity contribution >= 4 is 29.7 Å². The highest BCUT2D eigenvalue weighted by Gasteiger charge is 2.21. The van der Waals surface area contributed by atoms with Gasteiger partial charge in [0.2, 0.25) is 0 Å². The summed E-state index contributed by atoms with van der Waals surface area (Å²) in [5, 5.41) is 10.4. The minimum atomic E-state index is 0.415. The summed E-state index contributed by atoms with van der Waals surface area (Å²) in [6.07, 6.45) is 1.59. The summed E-state index contributed by atoms with van der Waals surface area (Å²) in [5.74, 6) is 1.10. The largest absolute Gasteiger partial charge is 0.496 e. The summed E-state index contributed by atoms with van der Waals surface area (Å²) < 4.78 is 7.62. The second kappa shape index (κ2) is 8.85. The first-order valence-corrected chi connectivity index (χ1v) is 10.6. The lowest BCUT2D eigenvalue weighted by Crippen LogP contribution is -2.05. The quantitative estimate of drug-likeness (QED) is 0.199. The molecule has 0 amide bonds. The molecular weight excluding hydrogens is 422 g/mol. The number of rotatable bonds is 7. The first-order valence-electron chi connectivity index (χ1n) is 10.1. The molecule has 4 aromatic rings. The number of aromatic nitrogens is 3. The molecule has 0 fully saturated rings. The number of hydrogen-bond acceptors (Lipinski definition) is 5. The Hall–Kier alpha value is -3.64. The molecule has 2 aromatic heterocycles. The fraction of sp³-hybridized carbons (Fsp3) is 0.160. The number of hydrazone groups is 1. The number of alkyl halides is 1. The highest BCUT2D eigenvalue weighted by Crippen LogP contribution is 2.39. The molecule has 32 heavy (non-hydrogen) atoms. The summed E-state index contributed by atoms with van der Waals surface area (Å²) in [7, 11) is 1.64. The van der Waals surface area contributed by atoms with Gasteiger partial charge in [-0.15, -0.1) is 11.6 Å². The number of benzene rings is 2. The summed E-state index contributed by atoms with van der Waals surface area (Å²) in [6.45, 7) is 11.3. The van der Waals surface area contributed by atoms with Crippen LogP contribution < -0.4 is 9.75 Å². The van der Waals surface area contributed by atoms with E-state index in [0.29, 0.717) is 11.6 Å². The molecule has 0 aliphatic rings. The van der Waals surface area contributed by atoms with Crippen LogP contribution in [0.25, 0.3) is 28.0 Å². The molecule has 0 unspecified atom stereocenters. The Labute approximate surface area is 192 Å². The molecule has 0 N–H and O–H groups in total. The van der Waals surface area contributed by atoms with Crippen LogP contribution in [0.1, 0.15) is 17.0 Å². The van der Waals surface area contributed by atoms with E-state index in [9.17, 15) is 0 Å². The van der Waals surface area contributed by atoms with Gasteiger partial charge in [0.05, 0.1) is 29.7 Å². The zero-order valence-corrected chi connectivity index (χ0v) is 19.1. The van der Waals surface area contributed by atoms with Gasteiger partial charge in [0.15, 0.2) is 5.65 Å². The number of nitrogens with zero attached hydrogens (tertiary/aromatic N) is 5. The second-order valence-electron chi connectivity index (χ2n) is 7.32. The maximum atomic E-state index is 6.22. The van der Waals surface area contributed by atoms with Crippen molar-refractivity contribution in [2.75, 3.05) is 12.1 Å². The molecule has 0 saturated heterocycles. The monoisotopic (exact) mass is 445 g/mol. The van der Waals surface area contributed by atoms with E-state index in [2.05, 4.69) is 24.5 Å². The molecule has 162 valence electrons. The third kappa shape index (κ3) is 3.63. The van der Waals surface area contributed by atoms with Gasteiger partial charge in [0, 0.05) is 41.7 Å². The fourth-order valence-corrected chi connectivity index (χ4v) is 4.15. The highest BCUT2D eigenvalue weighted by molar-refractivity contribution is 6.17. The first-order chi connectivity index (χ1) is 15.5. The van der Waals surface area contributed by atoms with E-state index >= 15 is 0 Å². The summed E-state index contributed by atoms with van der Waals surface area (Å²) in [6, 6.07) is 15.9. The molecule has 7 heteroatoms. The smallest absolute Gasteiger partial charge is 0.164 e. The Morgan fingerprint density at radius 3 is 2.62 bits per heavy atom. The van der Waals surface area contributed by atoms with Gasteiger partial charge in [-0.3, -0.25) is 0 Å². The molecule has 0 saturated carbocycles. The number of ether oxygens (including phenoxy) is 1. The maximum Gasteiger partial charge on any atom is 0.164 e. The van der Waals surface area contributed by atoms with Crippen LogP contribution in [0.15, 0.2) is 66.4 Å². The standard InChI is InChI=1S/C25H24ClN5O/c1-6-30(27-4)19-11-12-21(23(14-19)32-5)24-17(3)29-31-22(13-16(2)28-25(24)31)20-10-8-7-9-18(20)15-26/h6-14H,1,4,15H2,2-3,5H3. The lowest BCUT2D eigenvalue weighted by atomic mass is 10.0. The van der Waals surface area contributed by atoms with Gasteiger partial charge in [0.1, 0.15) is 5.75 Å². The summed E-state index contributed by atoms with van der Waals surface area (Å²) in [5.41, 5.74) is 8.13. The highest BCUT2D eigenvalue weighted by atomic mass is 35.5. The first kappa shape index (κ1) is 21.6. The number of methoxy groups -OCH3 is 1. The Balaban J connectivity index is 1.98. The van der Waals surface area contributed by atoms with Crippen LogP contribution in [-0.2, 0) is 5.88 Å². The van der Waals surface area contributed by atoms with E-state index in [0.717, 1.165) is 50.7 Å². The van der Waals surface area contributed by atoms with Crippen LogP contribution >= 0.6 is 11.6 Å². The van der Waals surface area contributed by atoms with Crippen molar-refractivity contribution in [3.8, 4) is 28.1 Å². The van der Waals surface area contributed by atoms with E-state index in [1.54, 1.807) is 18.3 Å². The molecule has 0 bridgehead atoms. The molecule has 6 nitrogen and oxygen atoms in total. The third-order valence-electron chi connectivity index (χ3n) is 5.37.